The van der Waals surface area contributed by atoms with Crippen molar-refractivity contribution in [2.45, 2.75) is 76.7 Å². The van der Waals surface area contributed by atoms with Crippen molar-refractivity contribution in [3.05, 3.63) is 77.1 Å². The van der Waals surface area contributed by atoms with E-state index in [0.717, 1.165) is 49.5 Å². The van der Waals surface area contributed by atoms with Crippen molar-refractivity contribution in [1.82, 2.24) is 15.3 Å². The summed E-state index contributed by atoms with van der Waals surface area (Å²) < 4.78 is 40.2. The van der Waals surface area contributed by atoms with E-state index in [1.54, 1.807) is 6.07 Å². The zero-order chi connectivity index (χ0) is 25.4. The van der Waals surface area contributed by atoms with Gasteiger partial charge in [0.15, 0.2) is 5.75 Å². The van der Waals surface area contributed by atoms with Crippen LogP contribution in [-0.4, -0.2) is 41.2 Å². The predicted molar refractivity (Wildman–Crippen MR) is 135 cm³/mol. The van der Waals surface area contributed by atoms with Crippen LogP contribution >= 0.6 is 0 Å². The van der Waals surface area contributed by atoms with Crippen molar-refractivity contribution in [1.29, 1.82) is 0 Å². The molecule has 3 aliphatic rings. The molecule has 194 valence electrons. The lowest BCUT2D eigenvalue weighted by atomic mass is 9.76. The van der Waals surface area contributed by atoms with Crippen LogP contribution in [0.4, 0.5) is 13.2 Å². The van der Waals surface area contributed by atoms with Gasteiger partial charge in [-0.1, -0.05) is 43.3 Å². The topological polar surface area (TPSA) is 27.7 Å². The molecule has 7 heteroatoms. The summed E-state index contributed by atoms with van der Waals surface area (Å²) in [6, 6.07) is 16.6. The predicted octanol–water partition coefficient (Wildman–Crippen LogP) is 6.57. The Labute approximate surface area is 212 Å². The number of rotatable bonds is 6. The number of nitrogens with one attached hydrogen (secondary N) is 1. The monoisotopic (exact) mass is 499 g/mol. The molecule has 4 nitrogen and oxygen atoms in total. The normalized spacial score (nSPS) is 27.8. The van der Waals surface area contributed by atoms with Gasteiger partial charge in [0.1, 0.15) is 5.82 Å². The van der Waals surface area contributed by atoms with Crippen molar-refractivity contribution in [2.75, 3.05) is 13.1 Å². The molecule has 2 heterocycles. The maximum atomic E-state index is 13.4. The molecule has 0 radical (unpaired) electrons. The second-order valence-corrected chi connectivity index (χ2v) is 10.7. The van der Waals surface area contributed by atoms with Crippen molar-refractivity contribution < 1.29 is 18.0 Å². The fourth-order valence-corrected chi connectivity index (χ4v) is 5.86. The first-order valence-electron chi connectivity index (χ1n) is 13.1. The molecule has 0 bridgehead atoms. The smallest absolute Gasteiger partial charge is 0.378 e. The molecule has 2 aliphatic heterocycles. The van der Waals surface area contributed by atoms with E-state index in [9.17, 15) is 13.2 Å². The van der Waals surface area contributed by atoms with Crippen LogP contribution in [0, 0.1) is 5.92 Å². The van der Waals surface area contributed by atoms with Gasteiger partial charge in [-0.15, -0.1) is 0 Å². The van der Waals surface area contributed by atoms with Gasteiger partial charge in [-0.3, -0.25) is 4.90 Å². The summed E-state index contributed by atoms with van der Waals surface area (Å²) in [5.74, 6) is 1.46. The highest BCUT2D eigenvalue weighted by Gasteiger charge is 2.41. The number of alkyl halides is 3. The van der Waals surface area contributed by atoms with Crippen LogP contribution in [0.25, 0.3) is 0 Å². The van der Waals surface area contributed by atoms with Gasteiger partial charge in [-0.05, 0) is 81.3 Å². The summed E-state index contributed by atoms with van der Waals surface area (Å²) >= 11 is 0. The molecular weight excluding hydrogens is 463 g/mol. The fraction of sp³-hybridized carbons (Fsp3) is 0.517. The van der Waals surface area contributed by atoms with E-state index >= 15 is 0 Å². The van der Waals surface area contributed by atoms with E-state index in [4.69, 9.17) is 4.84 Å². The van der Waals surface area contributed by atoms with Crippen molar-refractivity contribution in [2.24, 2.45) is 5.92 Å². The maximum Gasteiger partial charge on any atom is 0.416 e. The molecule has 0 spiro atoms. The lowest BCUT2D eigenvalue weighted by Crippen LogP contribution is -2.54. The summed E-state index contributed by atoms with van der Waals surface area (Å²) in [6.45, 7) is 8.55. The van der Waals surface area contributed by atoms with E-state index < -0.39 is 11.7 Å². The molecule has 1 aliphatic carbocycles. The Kier molecular flexibility index (Phi) is 6.95. The number of likely N-dealkylation sites (tertiary alicyclic amines) is 1. The van der Waals surface area contributed by atoms with Crippen LogP contribution in [0.2, 0.25) is 0 Å². The van der Waals surface area contributed by atoms with Crippen molar-refractivity contribution in [3.8, 4) is 5.75 Å². The Balaban J connectivity index is 1.48. The number of piperidine rings is 1. The van der Waals surface area contributed by atoms with Gasteiger partial charge >= 0.3 is 6.18 Å². The molecule has 4 atom stereocenters. The third kappa shape index (κ3) is 5.22. The molecule has 5 rings (SSSR count). The van der Waals surface area contributed by atoms with Gasteiger partial charge in [0.05, 0.1) is 11.6 Å². The Morgan fingerprint density at radius 2 is 1.72 bits per heavy atom. The van der Waals surface area contributed by atoms with Crippen LogP contribution in [-0.2, 0) is 6.18 Å². The molecule has 2 aromatic carbocycles. The SMILES string of the molecule is CC1=C(N[C@@H]2CCCN(C3CC3)C2)N(Oc2cccc(C(F)(F)F)c2)C(C)C(C)C1c1ccccc1. The molecular formula is C29H36F3N3O. The van der Waals surface area contributed by atoms with Gasteiger partial charge in [0, 0.05) is 24.5 Å². The number of allylic oxidation sites excluding steroid dienone is 1. The standard InChI is InChI=1S/C29H36F3N3O/c1-19-21(3)35(36-26-13-7-11-23(17-26)29(30,31)32)28(20(2)27(19)22-9-5-4-6-10-22)33-24-12-8-16-34(18-24)25-14-15-25/h4-7,9-11,13,17,19,21,24-25,27,33H,8,12,14-16,18H2,1-3H3/t19?,21?,24-,27?/m1/s1. The third-order valence-electron chi connectivity index (χ3n) is 8.10. The minimum absolute atomic E-state index is 0.0564. The van der Waals surface area contributed by atoms with E-state index in [1.165, 1.54) is 24.5 Å². The lowest BCUT2D eigenvalue weighted by Gasteiger charge is -2.46. The average Bonchev–Trinajstić information content (AvgIpc) is 3.71. The first-order valence-corrected chi connectivity index (χ1v) is 13.1. The van der Waals surface area contributed by atoms with Crippen LogP contribution in [0.15, 0.2) is 66.0 Å². The summed E-state index contributed by atoms with van der Waals surface area (Å²) in [5.41, 5.74) is 1.69. The van der Waals surface area contributed by atoms with Gasteiger partial charge in [0.25, 0.3) is 0 Å². The van der Waals surface area contributed by atoms with Crippen LogP contribution < -0.4 is 10.2 Å². The molecule has 2 aromatic rings. The Morgan fingerprint density at radius 3 is 2.42 bits per heavy atom. The summed E-state index contributed by atoms with van der Waals surface area (Å²) in [6.07, 6.45) is 0.355. The van der Waals surface area contributed by atoms with Gasteiger partial charge in [-0.25, -0.2) is 0 Å². The first-order chi connectivity index (χ1) is 17.2. The average molecular weight is 500 g/mol. The molecule has 3 unspecified atom stereocenters. The van der Waals surface area contributed by atoms with Crippen LogP contribution in [0.3, 0.4) is 0 Å². The highest BCUT2D eigenvalue weighted by atomic mass is 19.4. The minimum Gasteiger partial charge on any atom is -0.378 e. The maximum absolute atomic E-state index is 13.4. The molecule has 1 N–H and O–H groups in total. The number of hydroxylamine groups is 2. The summed E-state index contributed by atoms with van der Waals surface area (Å²) in [7, 11) is 0. The summed E-state index contributed by atoms with van der Waals surface area (Å²) in [5, 5.41) is 5.63. The number of benzene rings is 2. The third-order valence-corrected chi connectivity index (χ3v) is 8.10. The van der Waals surface area contributed by atoms with E-state index in [2.05, 4.69) is 55.3 Å². The fourth-order valence-electron chi connectivity index (χ4n) is 5.86. The van der Waals surface area contributed by atoms with Gasteiger partial charge < -0.3 is 10.2 Å². The number of hydrogen-bond acceptors (Lipinski definition) is 4. The van der Waals surface area contributed by atoms with Crippen LogP contribution in [0.5, 0.6) is 5.75 Å². The zero-order valence-electron chi connectivity index (χ0n) is 21.3. The second kappa shape index (κ2) is 10.0. The zero-order valence-corrected chi connectivity index (χ0v) is 21.3. The summed E-state index contributed by atoms with van der Waals surface area (Å²) in [4.78, 5) is 8.85. The molecule has 2 fully saturated rings. The molecule has 0 aromatic heterocycles. The lowest BCUT2D eigenvalue weighted by molar-refractivity contribution is -0.138. The van der Waals surface area contributed by atoms with Crippen molar-refractivity contribution >= 4 is 0 Å². The highest BCUT2D eigenvalue weighted by molar-refractivity contribution is 5.35. The largest absolute Gasteiger partial charge is 0.416 e. The van der Waals surface area contributed by atoms with E-state index in [0.29, 0.717) is 6.04 Å². The Hall–Kier alpha value is -2.67. The molecule has 36 heavy (non-hydrogen) atoms. The van der Waals surface area contributed by atoms with Gasteiger partial charge in [-0.2, -0.15) is 18.2 Å². The molecule has 0 amide bonds. The quantitative estimate of drug-likeness (QED) is 0.487. The first kappa shape index (κ1) is 25.0. The number of nitrogens with zero attached hydrogens (tertiary/aromatic N) is 2. The minimum atomic E-state index is -4.42. The Morgan fingerprint density at radius 1 is 0.972 bits per heavy atom. The van der Waals surface area contributed by atoms with Crippen molar-refractivity contribution in [3.63, 3.8) is 0 Å². The van der Waals surface area contributed by atoms with E-state index in [1.807, 2.05) is 11.1 Å². The van der Waals surface area contributed by atoms with E-state index in [-0.39, 0.29) is 29.7 Å². The second-order valence-electron chi connectivity index (χ2n) is 10.7. The van der Waals surface area contributed by atoms with Gasteiger partial charge in [0.2, 0.25) is 0 Å². The molecule has 1 saturated carbocycles. The Bertz CT molecular complexity index is 1080. The number of halogens is 3. The molecule has 1 saturated heterocycles. The number of hydrogen-bond donors (Lipinski definition) is 1. The highest BCUT2D eigenvalue weighted by Crippen LogP contribution is 2.43. The van der Waals surface area contributed by atoms with Crippen LogP contribution in [0.1, 0.15) is 63.5 Å².